The second kappa shape index (κ2) is 6.05. The molecule has 0 radical (unpaired) electrons. The van der Waals surface area contributed by atoms with Crippen LogP contribution in [0.25, 0.3) is 0 Å². The van der Waals surface area contributed by atoms with E-state index in [1.54, 1.807) is 11.8 Å². The second-order valence-corrected chi connectivity index (χ2v) is 5.80. The lowest BCUT2D eigenvalue weighted by Gasteiger charge is -2.19. The summed E-state index contributed by atoms with van der Waals surface area (Å²) < 4.78 is 0. The summed E-state index contributed by atoms with van der Waals surface area (Å²) in [5, 5.41) is 2.85. The van der Waals surface area contributed by atoms with Gasteiger partial charge in [0.15, 0.2) is 0 Å². The number of Topliss-reactive ketones (excluding diaryl/α,β-unsaturated/α-hetero) is 1. The molecule has 1 unspecified atom stereocenters. The number of benzene rings is 1. The molecule has 1 aliphatic carbocycles. The molecule has 0 aliphatic heterocycles. The van der Waals surface area contributed by atoms with Gasteiger partial charge in [0, 0.05) is 23.9 Å². The van der Waals surface area contributed by atoms with E-state index < -0.39 is 0 Å². The van der Waals surface area contributed by atoms with Crippen molar-refractivity contribution in [3.05, 3.63) is 24.3 Å². The Labute approximate surface area is 111 Å². The second-order valence-electron chi connectivity index (χ2n) is 4.52. The Bertz CT molecular complexity index is 442. The maximum atomic E-state index is 11.7. The molecule has 1 aromatic rings. The number of anilines is 1. The van der Waals surface area contributed by atoms with Crippen LogP contribution in [0.15, 0.2) is 29.2 Å². The highest BCUT2D eigenvalue weighted by atomic mass is 32.2. The van der Waals surface area contributed by atoms with Crippen molar-refractivity contribution in [3.8, 4) is 0 Å². The van der Waals surface area contributed by atoms with Crippen LogP contribution >= 0.6 is 11.8 Å². The molecule has 96 valence electrons. The van der Waals surface area contributed by atoms with Gasteiger partial charge in [0.05, 0.1) is 5.25 Å². The van der Waals surface area contributed by atoms with Gasteiger partial charge in [-0.2, -0.15) is 0 Å². The molecule has 4 heteroatoms. The van der Waals surface area contributed by atoms with Gasteiger partial charge in [0.2, 0.25) is 5.91 Å². The number of amides is 1. The fourth-order valence-corrected chi connectivity index (χ4v) is 3.22. The highest BCUT2D eigenvalue weighted by molar-refractivity contribution is 8.00. The molecule has 0 heterocycles. The topological polar surface area (TPSA) is 46.2 Å². The maximum absolute atomic E-state index is 11.7. The molecule has 0 bridgehead atoms. The van der Waals surface area contributed by atoms with Gasteiger partial charge in [0.1, 0.15) is 5.78 Å². The first kappa shape index (κ1) is 13.1. The standard InChI is InChI=1S/C14H17NO2S/c1-10(16)15-11-6-8-12(9-7-11)18-14-5-3-2-4-13(14)17/h6-9,14H,2-5H2,1H3,(H,15,16). The van der Waals surface area contributed by atoms with Crippen molar-refractivity contribution in [3.63, 3.8) is 0 Å². The summed E-state index contributed by atoms with van der Waals surface area (Å²) in [5.41, 5.74) is 0.793. The zero-order valence-corrected chi connectivity index (χ0v) is 11.3. The Balaban J connectivity index is 1.97. The third-order valence-corrected chi connectivity index (χ3v) is 4.28. The van der Waals surface area contributed by atoms with Crippen LogP contribution in [0.5, 0.6) is 0 Å². The molecule has 18 heavy (non-hydrogen) atoms. The van der Waals surface area contributed by atoms with Crippen LogP contribution < -0.4 is 5.32 Å². The maximum Gasteiger partial charge on any atom is 0.221 e. The Morgan fingerprint density at radius 1 is 1.28 bits per heavy atom. The number of hydrogen-bond acceptors (Lipinski definition) is 3. The van der Waals surface area contributed by atoms with E-state index in [9.17, 15) is 9.59 Å². The van der Waals surface area contributed by atoms with Gasteiger partial charge in [-0.15, -0.1) is 11.8 Å². The lowest BCUT2D eigenvalue weighted by Crippen LogP contribution is -2.21. The molecule has 1 fully saturated rings. The highest BCUT2D eigenvalue weighted by Gasteiger charge is 2.22. The van der Waals surface area contributed by atoms with Gasteiger partial charge in [-0.1, -0.05) is 6.42 Å². The van der Waals surface area contributed by atoms with Crippen molar-refractivity contribution < 1.29 is 9.59 Å². The Hall–Kier alpha value is -1.29. The molecule has 1 amide bonds. The van der Waals surface area contributed by atoms with Crippen LogP contribution in [0.1, 0.15) is 32.6 Å². The molecule has 0 aromatic heterocycles. The molecular weight excluding hydrogens is 246 g/mol. The summed E-state index contributed by atoms with van der Waals surface area (Å²) in [6, 6.07) is 7.66. The van der Waals surface area contributed by atoms with Crippen molar-refractivity contribution in [1.29, 1.82) is 0 Å². The van der Waals surface area contributed by atoms with E-state index in [4.69, 9.17) is 0 Å². The van der Waals surface area contributed by atoms with Crippen LogP contribution in [0.4, 0.5) is 5.69 Å². The van der Waals surface area contributed by atoms with Crippen molar-refractivity contribution in [1.82, 2.24) is 0 Å². The van der Waals surface area contributed by atoms with E-state index in [0.29, 0.717) is 5.78 Å². The van der Waals surface area contributed by atoms with Crippen molar-refractivity contribution in [2.75, 3.05) is 5.32 Å². The summed E-state index contributed by atoms with van der Waals surface area (Å²) in [7, 11) is 0. The highest BCUT2D eigenvalue weighted by Crippen LogP contribution is 2.32. The summed E-state index contributed by atoms with van der Waals surface area (Å²) >= 11 is 1.64. The van der Waals surface area contributed by atoms with Gasteiger partial charge in [-0.05, 0) is 37.1 Å². The summed E-state index contributed by atoms with van der Waals surface area (Å²) in [6.45, 7) is 1.49. The molecule has 2 rings (SSSR count). The van der Waals surface area contributed by atoms with E-state index in [1.807, 2.05) is 24.3 Å². The number of nitrogens with one attached hydrogen (secondary N) is 1. The van der Waals surface area contributed by atoms with Crippen molar-refractivity contribution in [2.45, 2.75) is 42.8 Å². The minimum absolute atomic E-state index is 0.0714. The normalized spacial score (nSPS) is 19.6. The number of rotatable bonds is 3. The van der Waals surface area contributed by atoms with Gasteiger partial charge in [0.25, 0.3) is 0 Å². The predicted octanol–water partition coefficient (Wildman–Crippen LogP) is 3.25. The third-order valence-electron chi connectivity index (χ3n) is 2.95. The average Bonchev–Trinajstić information content (AvgIpc) is 2.34. The first-order valence-electron chi connectivity index (χ1n) is 6.22. The van der Waals surface area contributed by atoms with Gasteiger partial charge >= 0.3 is 0 Å². The van der Waals surface area contributed by atoms with Gasteiger partial charge < -0.3 is 5.32 Å². The minimum Gasteiger partial charge on any atom is -0.326 e. The first-order chi connectivity index (χ1) is 8.65. The van der Waals surface area contributed by atoms with E-state index in [1.165, 1.54) is 6.92 Å². The molecule has 0 saturated heterocycles. The molecule has 3 nitrogen and oxygen atoms in total. The van der Waals surface area contributed by atoms with Crippen LogP contribution in [0.2, 0.25) is 0 Å². The Kier molecular flexibility index (Phi) is 4.42. The molecule has 0 spiro atoms. The SMILES string of the molecule is CC(=O)Nc1ccc(SC2CCCCC2=O)cc1. The van der Waals surface area contributed by atoms with E-state index in [0.717, 1.165) is 36.3 Å². The van der Waals surface area contributed by atoms with Crippen LogP contribution in [-0.2, 0) is 9.59 Å². The number of hydrogen-bond donors (Lipinski definition) is 1. The molecule has 1 N–H and O–H groups in total. The zero-order chi connectivity index (χ0) is 13.0. The summed E-state index contributed by atoms with van der Waals surface area (Å²) in [5.74, 6) is 0.301. The summed E-state index contributed by atoms with van der Waals surface area (Å²) in [4.78, 5) is 23.7. The smallest absolute Gasteiger partial charge is 0.221 e. The zero-order valence-electron chi connectivity index (χ0n) is 10.4. The number of carbonyl (C=O) groups excluding carboxylic acids is 2. The lowest BCUT2D eigenvalue weighted by molar-refractivity contribution is -0.119. The molecule has 1 atom stereocenters. The van der Waals surface area contributed by atoms with Crippen molar-refractivity contribution in [2.24, 2.45) is 0 Å². The van der Waals surface area contributed by atoms with Crippen LogP contribution in [-0.4, -0.2) is 16.9 Å². The van der Waals surface area contributed by atoms with E-state index in [-0.39, 0.29) is 11.2 Å². The lowest BCUT2D eigenvalue weighted by atomic mass is 9.99. The monoisotopic (exact) mass is 263 g/mol. The average molecular weight is 263 g/mol. The number of thioether (sulfide) groups is 1. The number of carbonyl (C=O) groups is 2. The van der Waals surface area contributed by atoms with Crippen LogP contribution in [0.3, 0.4) is 0 Å². The molecular formula is C14H17NO2S. The quantitative estimate of drug-likeness (QED) is 0.910. The first-order valence-corrected chi connectivity index (χ1v) is 7.10. The van der Waals surface area contributed by atoms with Gasteiger partial charge in [-0.25, -0.2) is 0 Å². The molecule has 1 saturated carbocycles. The fourth-order valence-electron chi connectivity index (χ4n) is 2.06. The molecule has 1 aromatic carbocycles. The van der Waals surface area contributed by atoms with Gasteiger partial charge in [-0.3, -0.25) is 9.59 Å². The Morgan fingerprint density at radius 3 is 2.61 bits per heavy atom. The van der Waals surface area contributed by atoms with E-state index >= 15 is 0 Å². The van der Waals surface area contributed by atoms with Crippen LogP contribution in [0, 0.1) is 0 Å². The molecule has 1 aliphatic rings. The predicted molar refractivity (Wildman–Crippen MR) is 73.9 cm³/mol. The fraction of sp³-hybridized carbons (Fsp3) is 0.429. The Morgan fingerprint density at radius 2 is 2.00 bits per heavy atom. The minimum atomic E-state index is -0.0714. The largest absolute Gasteiger partial charge is 0.326 e. The summed E-state index contributed by atoms with van der Waals surface area (Å²) in [6.07, 6.45) is 3.89. The third kappa shape index (κ3) is 3.60. The van der Waals surface area contributed by atoms with Crippen molar-refractivity contribution >= 4 is 29.1 Å². The number of ketones is 1. The van der Waals surface area contributed by atoms with E-state index in [2.05, 4.69) is 5.32 Å².